The average molecular weight is 559 g/mol. The Labute approximate surface area is 222 Å². The van der Waals surface area contributed by atoms with Gasteiger partial charge in [-0.15, -0.1) is 0 Å². The van der Waals surface area contributed by atoms with Gasteiger partial charge in [0, 0.05) is 7.11 Å². The van der Waals surface area contributed by atoms with E-state index >= 15 is 0 Å². The van der Waals surface area contributed by atoms with Gasteiger partial charge in [0.15, 0.2) is 9.84 Å². The van der Waals surface area contributed by atoms with Crippen molar-refractivity contribution in [3.8, 4) is 0 Å². The monoisotopic (exact) mass is 558 g/mol. The summed E-state index contributed by atoms with van der Waals surface area (Å²) in [6.07, 6.45) is 16.5. The molecule has 0 rings (SSSR count). The van der Waals surface area contributed by atoms with Crippen LogP contribution in [0.1, 0.15) is 103 Å². The standard InChI is InChI=1S/C26H56NO7PS/c1-6-7-8-9-10-11-12-13-14-15-16-17-18-19-20-36(31,32)24-25(23-33-5)21-26(22-27(2,3)4)34-35(28,29)30/h25-26H,6-24H2,1-5H3,(H-,28,29,30)/p+1. The third-order valence-electron chi connectivity index (χ3n) is 6.33. The lowest BCUT2D eigenvalue weighted by atomic mass is 10.0. The van der Waals surface area contributed by atoms with Crippen LogP contribution >= 0.6 is 7.82 Å². The third kappa shape index (κ3) is 24.3. The van der Waals surface area contributed by atoms with Crippen LogP contribution in [0, 0.1) is 5.92 Å². The number of quaternary nitrogens is 1. The first-order chi connectivity index (χ1) is 16.8. The molecule has 0 heterocycles. The maximum atomic E-state index is 12.7. The zero-order valence-electron chi connectivity index (χ0n) is 23.8. The summed E-state index contributed by atoms with van der Waals surface area (Å²) >= 11 is 0. The number of hydrogen-bond donors (Lipinski definition) is 2. The highest BCUT2D eigenvalue weighted by Gasteiger charge is 2.31. The number of nitrogens with zero attached hydrogens (tertiary/aromatic N) is 1. The fourth-order valence-corrected chi connectivity index (χ4v) is 7.01. The molecule has 0 aromatic rings. The summed E-state index contributed by atoms with van der Waals surface area (Å²) in [5.74, 6) is -0.295. The zero-order valence-corrected chi connectivity index (χ0v) is 25.5. The molecular formula is C26H57NO7PS+. The SMILES string of the molecule is CCCCCCCCCCCCCCCCS(=O)(=O)CC(COC)CC(C[N+](C)(C)C)OP(=O)(O)O. The van der Waals surface area contributed by atoms with Gasteiger partial charge < -0.3 is 19.0 Å². The van der Waals surface area contributed by atoms with Crippen molar-refractivity contribution in [2.75, 3.05) is 52.9 Å². The normalized spacial score (nSPS) is 14.8. The summed E-state index contributed by atoms with van der Waals surface area (Å²) in [4.78, 5) is 18.6. The third-order valence-corrected chi connectivity index (χ3v) is 8.80. The van der Waals surface area contributed by atoms with E-state index in [0.717, 1.165) is 19.3 Å². The fourth-order valence-electron chi connectivity index (χ4n) is 4.71. The molecule has 0 aliphatic carbocycles. The summed E-state index contributed by atoms with van der Waals surface area (Å²) in [7, 11) is -0.771. The van der Waals surface area contributed by atoms with E-state index in [1.54, 1.807) is 0 Å². The summed E-state index contributed by atoms with van der Waals surface area (Å²) in [5.41, 5.74) is 0. The molecule has 0 saturated heterocycles. The van der Waals surface area contributed by atoms with Gasteiger partial charge in [0.2, 0.25) is 0 Å². The molecule has 8 nitrogen and oxygen atoms in total. The summed E-state index contributed by atoms with van der Waals surface area (Å²) in [5, 5.41) is 0. The first-order valence-electron chi connectivity index (χ1n) is 14.0. The highest BCUT2D eigenvalue weighted by molar-refractivity contribution is 7.91. The molecule has 0 aromatic carbocycles. The van der Waals surface area contributed by atoms with Crippen molar-refractivity contribution in [2.45, 2.75) is 109 Å². The lowest BCUT2D eigenvalue weighted by Crippen LogP contribution is -2.43. The van der Waals surface area contributed by atoms with Crippen molar-refractivity contribution in [1.29, 1.82) is 0 Å². The smallest absolute Gasteiger partial charge is 0.384 e. The van der Waals surface area contributed by atoms with Crippen LogP contribution in [0.4, 0.5) is 0 Å². The van der Waals surface area contributed by atoms with Crippen molar-refractivity contribution >= 4 is 17.7 Å². The Balaban J connectivity index is 4.25. The van der Waals surface area contributed by atoms with Crippen LogP contribution in [0.3, 0.4) is 0 Å². The van der Waals surface area contributed by atoms with Crippen molar-refractivity contribution < 1.29 is 36.5 Å². The Morgan fingerprint density at radius 2 is 1.25 bits per heavy atom. The Hall–Kier alpha value is -0.0200. The Kier molecular flexibility index (Phi) is 20.0. The highest BCUT2D eigenvalue weighted by atomic mass is 32.2. The summed E-state index contributed by atoms with van der Waals surface area (Å²) in [6.45, 7) is 2.80. The number of sulfone groups is 1. The van der Waals surface area contributed by atoms with Crippen molar-refractivity contribution in [1.82, 2.24) is 0 Å². The predicted molar refractivity (Wildman–Crippen MR) is 149 cm³/mol. The van der Waals surface area contributed by atoms with Crippen LogP contribution in [-0.2, 0) is 23.7 Å². The number of unbranched alkanes of at least 4 members (excludes halogenated alkanes) is 13. The number of ether oxygens (including phenoxy) is 1. The molecular weight excluding hydrogens is 501 g/mol. The molecule has 0 saturated carbocycles. The number of phosphoric ester groups is 1. The minimum atomic E-state index is -4.68. The number of hydrogen-bond acceptors (Lipinski definition) is 5. The van der Waals surface area contributed by atoms with E-state index < -0.39 is 23.8 Å². The van der Waals surface area contributed by atoms with Crippen LogP contribution in [0.5, 0.6) is 0 Å². The maximum Gasteiger partial charge on any atom is 0.470 e. The molecule has 0 aliphatic heterocycles. The molecule has 0 radical (unpaired) electrons. The van der Waals surface area contributed by atoms with E-state index in [9.17, 15) is 22.8 Å². The molecule has 0 aromatic heterocycles. The minimum absolute atomic E-state index is 0.0581. The van der Waals surface area contributed by atoms with Crippen LogP contribution in [0.2, 0.25) is 0 Å². The second kappa shape index (κ2) is 20.0. The first kappa shape index (κ1) is 36.0. The Morgan fingerprint density at radius 1 is 0.806 bits per heavy atom. The molecule has 2 N–H and O–H groups in total. The quantitative estimate of drug-likeness (QED) is 0.0838. The van der Waals surface area contributed by atoms with E-state index in [2.05, 4.69) is 6.92 Å². The topological polar surface area (TPSA) is 110 Å². The first-order valence-corrected chi connectivity index (χ1v) is 17.4. The number of likely N-dealkylation sites (N-methyl/N-ethyl adjacent to an activating group) is 1. The Morgan fingerprint density at radius 3 is 1.64 bits per heavy atom. The van der Waals surface area contributed by atoms with Crippen molar-refractivity contribution in [3.63, 3.8) is 0 Å². The van der Waals surface area contributed by atoms with Crippen LogP contribution in [0.25, 0.3) is 0 Å². The van der Waals surface area contributed by atoms with Gasteiger partial charge in [0.05, 0.1) is 39.3 Å². The van der Waals surface area contributed by atoms with Crippen LogP contribution in [-0.4, -0.2) is 81.7 Å². The van der Waals surface area contributed by atoms with Crippen molar-refractivity contribution in [2.24, 2.45) is 5.92 Å². The van der Waals surface area contributed by atoms with Gasteiger partial charge in [0.1, 0.15) is 12.6 Å². The minimum Gasteiger partial charge on any atom is -0.384 e. The summed E-state index contributed by atoms with van der Waals surface area (Å²) in [6, 6.07) is 0. The number of methoxy groups -OCH3 is 1. The average Bonchev–Trinajstić information content (AvgIpc) is 2.71. The van der Waals surface area contributed by atoms with E-state index in [1.807, 2.05) is 21.1 Å². The van der Waals surface area contributed by atoms with E-state index in [0.29, 0.717) is 17.4 Å². The molecule has 2 atom stereocenters. The second-order valence-electron chi connectivity index (χ2n) is 11.5. The fraction of sp³-hybridized carbons (Fsp3) is 1.00. The van der Waals surface area contributed by atoms with E-state index in [4.69, 9.17) is 9.26 Å². The molecule has 36 heavy (non-hydrogen) atoms. The number of phosphoric acid groups is 1. The maximum absolute atomic E-state index is 12.7. The molecule has 10 heteroatoms. The largest absolute Gasteiger partial charge is 0.470 e. The Bertz CT molecular complexity index is 676. The van der Waals surface area contributed by atoms with E-state index in [1.165, 1.54) is 71.3 Å². The van der Waals surface area contributed by atoms with Gasteiger partial charge in [-0.05, 0) is 18.8 Å². The number of rotatable bonds is 25. The highest BCUT2D eigenvalue weighted by Crippen LogP contribution is 2.39. The lowest BCUT2D eigenvalue weighted by Gasteiger charge is -2.31. The van der Waals surface area contributed by atoms with Gasteiger partial charge in [0.25, 0.3) is 0 Å². The lowest BCUT2D eigenvalue weighted by molar-refractivity contribution is -0.873. The molecule has 0 amide bonds. The predicted octanol–water partition coefficient (Wildman–Crippen LogP) is 5.72. The van der Waals surface area contributed by atoms with E-state index in [-0.39, 0.29) is 30.5 Å². The van der Waals surface area contributed by atoms with Gasteiger partial charge >= 0.3 is 7.82 Å². The molecule has 0 bridgehead atoms. The van der Waals surface area contributed by atoms with Crippen LogP contribution < -0.4 is 0 Å². The summed E-state index contributed by atoms with van der Waals surface area (Å²) < 4.78 is 47.5. The van der Waals surface area contributed by atoms with Gasteiger partial charge in [-0.1, -0.05) is 90.4 Å². The second-order valence-corrected chi connectivity index (χ2v) is 14.9. The zero-order chi connectivity index (χ0) is 27.5. The van der Waals surface area contributed by atoms with Gasteiger partial charge in [-0.25, -0.2) is 13.0 Å². The van der Waals surface area contributed by atoms with Crippen molar-refractivity contribution in [3.05, 3.63) is 0 Å². The van der Waals surface area contributed by atoms with Crippen LogP contribution in [0.15, 0.2) is 0 Å². The molecule has 0 spiro atoms. The molecule has 0 fully saturated rings. The molecule has 2 unspecified atom stereocenters. The van der Waals surface area contributed by atoms with Gasteiger partial charge in [-0.3, -0.25) is 4.52 Å². The molecule has 218 valence electrons. The molecule has 0 aliphatic rings. The van der Waals surface area contributed by atoms with Gasteiger partial charge in [-0.2, -0.15) is 0 Å².